The number of carboxylic acid groups (broad SMARTS) is 2. The number of rotatable bonds is 11. The maximum absolute atomic E-state index is 12.8. The number of non-ortho nitro benzene ring substituents is 1. The predicted molar refractivity (Wildman–Crippen MR) is 133 cm³/mol. The number of carboxylic acids is 2. The lowest BCUT2D eigenvalue weighted by Crippen LogP contribution is -2.33. The third-order valence-corrected chi connectivity index (χ3v) is 5.61. The number of ether oxygens (including phenoxy) is 1. The van der Waals surface area contributed by atoms with Crippen LogP contribution in [0.25, 0.3) is 0 Å². The summed E-state index contributed by atoms with van der Waals surface area (Å²) >= 11 is 1.46. The van der Waals surface area contributed by atoms with Crippen LogP contribution in [-0.4, -0.2) is 62.6 Å². The van der Waals surface area contributed by atoms with Gasteiger partial charge in [-0.05, 0) is 19.4 Å². The van der Waals surface area contributed by atoms with Gasteiger partial charge in [0.15, 0.2) is 0 Å². The van der Waals surface area contributed by atoms with Gasteiger partial charge in [-0.1, -0.05) is 12.1 Å². The molecule has 0 amide bonds. The van der Waals surface area contributed by atoms with Crippen LogP contribution in [-0.2, 0) is 19.1 Å². The number of nitro benzene ring substituents is 1. The quantitative estimate of drug-likeness (QED) is 0.104. The van der Waals surface area contributed by atoms with E-state index in [1.807, 2.05) is 0 Å². The SMILES string of the molecule is CCOC(=O)C1=C(CSCCN)NC(C)=C([N+](=O)[O-])C1c1cccc([N+](=O)[O-])c1.O=C(O)C=CC(=O)O. The smallest absolute Gasteiger partial charge is 0.337 e. The van der Waals surface area contributed by atoms with Gasteiger partial charge in [-0.15, -0.1) is 0 Å². The van der Waals surface area contributed by atoms with Crippen LogP contribution in [0.15, 0.2) is 59.1 Å². The summed E-state index contributed by atoms with van der Waals surface area (Å²) < 4.78 is 5.16. The molecule has 1 heterocycles. The number of nitrogens with one attached hydrogen (secondary N) is 1. The highest BCUT2D eigenvalue weighted by atomic mass is 32.2. The molecule has 5 N–H and O–H groups in total. The lowest BCUT2D eigenvalue weighted by atomic mass is 9.84. The molecule has 1 aliphatic heterocycles. The standard InChI is InChI=1S/C18H22N4O6S.C4H4O4/c1-3-28-18(23)16-14(10-29-8-7-19)20-11(2)17(22(26)27)15(16)12-5-4-6-13(9-12)21(24)25;5-3(6)1-2-4(7)8/h4-6,9,15,20H,3,7-8,10,19H2,1-2H3;1-2H,(H,5,6)(H,7,8). The van der Waals surface area contributed by atoms with Crippen molar-refractivity contribution in [3.63, 3.8) is 0 Å². The molecule has 1 aliphatic rings. The van der Waals surface area contributed by atoms with Crippen LogP contribution < -0.4 is 11.1 Å². The van der Waals surface area contributed by atoms with Crippen LogP contribution in [0, 0.1) is 20.2 Å². The Hall–Kier alpha value is -4.24. The van der Waals surface area contributed by atoms with Gasteiger partial charge in [-0.3, -0.25) is 20.2 Å². The molecular formula is C22H26N4O10S. The van der Waals surface area contributed by atoms with E-state index >= 15 is 0 Å². The number of hydrogen-bond donors (Lipinski definition) is 4. The van der Waals surface area contributed by atoms with Crippen molar-refractivity contribution in [2.75, 3.05) is 24.7 Å². The van der Waals surface area contributed by atoms with Crippen LogP contribution >= 0.6 is 11.8 Å². The van der Waals surface area contributed by atoms with Crippen LogP contribution in [0.1, 0.15) is 25.3 Å². The number of carbonyl (C=O) groups is 3. The zero-order valence-corrected chi connectivity index (χ0v) is 20.7. The maximum atomic E-state index is 12.8. The van der Waals surface area contributed by atoms with Gasteiger partial charge in [-0.25, -0.2) is 14.4 Å². The Morgan fingerprint density at radius 3 is 2.27 bits per heavy atom. The van der Waals surface area contributed by atoms with E-state index in [2.05, 4.69) is 5.32 Å². The minimum atomic E-state index is -1.26. The number of nitro groups is 2. The number of hydrogen-bond acceptors (Lipinski definition) is 11. The van der Waals surface area contributed by atoms with E-state index in [0.29, 0.717) is 35.9 Å². The molecule has 2 rings (SSSR count). The van der Waals surface area contributed by atoms with Crippen molar-refractivity contribution in [1.82, 2.24) is 5.32 Å². The lowest BCUT2D eigenvalue weighted by Gasteiger charge is -2.27. The molecule has 37 heavy (non-hydrogen) atoms. The number of thioether (sulfide) groups is 1. The third-order valence-electron chi connectivity index (χ3n) is 4.59. The molecular weight excluding hydrogens is 512 g/mol. The fraction of sp³-hybridized carbons (Fsp3) is 0.318. The Morgan fingerprint density at radius 1 is 1.16 bits per heavy atom. The first kappa shape index (κ1) is 30.8. The molecule has 1 atom stereocenters. The first-order chi connectivity index (χ1) is 17.4. The van der Waals surface area contributed by atoms with Crippen LogP contribution in [0.2, 0.25) is 0 Å². The maximum Gasteiger partial charge on any atom is 0.337 e. The molecule has 14 nitrogen and oxygen atoms in total. The number of esters is 1. The molecule has 0 fully saturated rings. The van der Waals surface area contributed by atoms with E-state index in [4.69, 9.17) is 20.7 Å². The zero-order chi connectivity index (χ0) is 28.1. The Kier molecular flexibility index (Phi) is 12.5. The molecule has 0 aliphatic carbocycles. The van der Waals surface area contributed by atoms with Crippen molar-refractivity contribution in [3.05, 3.63) is 84.9 Å². The molecule has 0 spiro atoms. The second-order valence-corrected chi connectivity index (χ2v) is 8.25. The van der Waals surface area contributed by atoms with E-state index in [1.165, 1.54) is 43.0 Å². The molecule has 0 aromatic heterocycles. The van der Waals surface area contributed by atoms with Gasteiger partial charge in [0.25, 0.3) is 11.4 Å². The van der Waals surface area contributed by atoms with Gasteiger partial charge < -0.3 is 26.0 Å². The highest BCUT2D eigenvalue weighted by molar-refractivity contribution is 7.99. The molecule has 1 aromatic carbocycles. The van der Waals surface area contributed by atoms with Crippen molar-refractivity contribution < 1.29 is 39.2 Å². The van der Waals surface area contributed by atoms with Gasteiger partial charge in [-0.2, -0.15) is 11.8 Å². The first-order valence-electron chi connectivity index (χ1n) is 10.6. The third kappa shape index (κ3) is 9.38. The first-order valence-corrected chi connectivity index (χ1v) is 11.8. The zero-order valence-electron chi connectivity index (χ0n) is 19.9. The summed E-state index contributed by atoms with van der Waals surface area (Å²) in [6.07, 6.45) is 1.12. The highest BCUT2D eigenvalue weighted by Gasteiger charge is 2.42. The Labute approximate surface area is 215 Å². The number of allylic oxidation sites excluding steroid dienone is 2. The lowest BCUT2D eigenvalue weighted by molar-refractivity contribution is -0.431. The summed E-state index contributed by atoms with van der Waals surface area (Å²) in [7, 11) is 0. The number of carbonyl (C=O) groups excluding carboxylic acids is 1. The molecule has 200 valence electrons. The number of benzene rings is 1. The van der Waals surface area contributed by atoms with Gasteiger partial charge in [0.2, 0.25) is 0 Å². The molecule has 0 radical (unpaired) electrons. The molecule has 0 saturated carbocycles. The van der Waals surface area contributed by atoms with Gasteiger partial charge >= 0.3 is 17.9 Å². The number of nitrogens with two attached hydrogens (primary N) is 1. The number of aliphatic carboxylic acids is 2. The van der Waals surface area contributed by atoms with E-state index in [-0.39, 0.29) is 34.8 Å². The van der Waals surface area contributed by atoms with Crippen molar-refractivity contribution in [2.45, 2.75) is 19.8 Å². The normalized spacial score (nSPS) is 14.9. The number of nitrogens with zero attached hydrogens (tertiary/aromatic N) is 2. The Balaban J connectivity index is 0.000000738. The van der Waals surface area contributed by atoms with Crippen molar-refractivity contribution in [2.24, 2.45) is 5.73 Å². The summed E-state index contributed by atoms with van der Waals surface area (Å²) in [4.78, 5) is 53.8. The fourth-order valence-electron chi connectivity index (χ4n) is 3.23. The monoisotopic (exact) mass is 538 g/mol. The minimum Gasteiger partial charge on any atom is -0.478 e. The second kappa shape index (κ2) is 15.0. The largest absolute Gasteiger partial charge is 0.478 e. The topological polar surface area (TPSA) is 225 Å². The fourth-order valence-corrected chi connectivity index (χ4v) is 3.98. The van der Waals surface area contributed by atoms with Crippen LogP contribution in [0.3, 0.4) is 0 Å². The molecule has 0 saturated heterocycles. The number of dihydropyridines is 1. The average molecular weight is 539 g/mol. The summed E-state index contributed by atoms with van der Waals surface area (Å²) in [5.41, 5.74) is 6.15. The predicted octanol–water partition coefficient (Wildman–Crippen LogP) is 2.01. The Morgan fingerprint density at radius 2 is 1.78 bits per heavy atom. The summed E-state index contributed by atoms with van der Waals surface area (Å²) in [5.74, 6) is -3.32. The van der Waals surface area contributed by atoms with E-state index in [9.17, 15) is 34.6 Å². The summed E-state index contributed by atoms with van der Waals surface area (Å²) in [6, 6.07) is 5.51. The minimum absolute atomic E-state index is 0.0779. The van der Waals surface area contributed by atoms with E-state index in [0.717, 1.165) is 0 Å². The second-order valence-electron chi connectivity index (χ2n) is 7.14. The average Bonchev–Trinajstić information content (AvgIpc) is 2.82. The van der Waals surface area contributed by atoms with Gasteiger partial charge in [0, 0.05) is 48.0 Å². The molecule has 15 heteroatoms. The van der Waals surface area contributed by atoms with Gasteiger partial charge in [0.05, 0.1) is 27.7 Å². The molecule has 1 unspecified atom stereocenters. The van der Waals surface area contributed by atoms with Crippen molar-refractivity contribution in [3.8, 4) is 0 Å². The van der Waals surface area contributed by atoms with Crippen LogP contribution in [0.5, 0.6) is 0 Å². The Bertz CT molecular complexity index is 1130. The van der Waals surface area contributed by atoms with E-state index in [1.54, 1.807) is 6.92 Å². The summed E-state index contributed by atoms with van der Waals surface area (Å²) in [6.45, 7) is 3.70. The molecule has 0 bridgehead atoms. The van der Waals surface area contributed by atoms with Crippen molar-refractivity contribution in [1.29, 1.82) is 0 Å². The molecule has 1 aromatic rings. The van der Waals surface area contributed by atoms with E-state index < -0.39 is 33.7 Å². The highest BCUT2D eigenvalue weighted by Crippen LogP contribution is 2.40. The van der Waals surface area contributed by atoms with Gasteiger partial charge in [0.1, 0.15) is 5.92 Å². The van der Waals surface area contributed by atoms with Crippen molar-refractivity contribution >= 4 is 35.4 Å². The van der Waals surface area contributed by atoms with Crippen LogP contribution in [0.4, 0.5) is 5.69 Å². The summed E-state index contributed by atoms with van der Waals surface area (Å²) in [5, 5.41) is 41.6.